The average Bonchev–Trinajstić information content (AvgIpc) is 3.14. The van der Waals surface area contributed by atoms with Gasteiger partial charge in [-0.1, -0.05) is 24.3 Å². The molecule has 7 heteroatoms. The van der Waals surface area contributed by atoms with E-state index in [4.69, 9.17) is 19.9 Å². The minimum Gasteiger partial charge on any atom is -0.496 e. The lowest BCUT2D eigenvalue weighted by molar-refractivity contribution is -0.0324. The molecule has 0 radical (unpaired) electrons. The maximum Gasteiger partial charge on any atom is 0.259 e. The summed E-state index contributed by atoms with van der Waals surface area (Å²) in [7, 11) is 3.38. The van der Waals surface area contributed by atoms with Crippen LogP contribution in [0.25, 0.3) is 10.1 Å². The van der Waals surface area contributed by atoms with Crippen molar-refractivity contribution in [3.63, 3.8) is 0 Å². The molecule has 0 aliphatic carbocycles. The first-order valence-corrected chi connectivity index (χ1v) is 10.7. The van der Waals surface area contributed by atoms with E-state index in [0.717, 1.165) is 45.6 Å². The molecule has 1 saturated heterocycles. The molecule has 1 fully saturated rings. The number of nitrogens with zero attached hydrogens (tertiary/aromatic N) is 1. The zero-order chi connectivity index (χ0) is 21.1. The van der Waals surface area contributed by atoms with Crippen LogP contribution >= 0.6 is 11.3 Å². The second-order valence-electron chi connectivity index (χ2n) is 7.38. The van der Waals surface area contributed by atoms with Gasteiger partial charge in [0.2, 0.25) is 0 Å². The van der Waals surface area contributed by atoms with Crippen molar-refractivity contribution in [1.82, 2.24) is 4.90 Å². The van der Waals surface area contributed by atoms with Crippen LogP contribution in [-0.2, 0) is 22.6 Å². The fraction of sp³-hybridized carbons (Fsp3) is 0.348. The van der Waals surface area contributed by atoms with Crippen LogP contribution in [0.3, 0.4) is 0 Å². The van der Waals surface area contributed by atoms with Gasteiger partial charge in [-0.25, -0.2) is 0 Å². The molecule has 158 valence electrons. The molecule has 2 heterocycles. The Hall–Kier alpha value is -2.45. The van der Waals surface area contributed by atoms with Crippen molar-refractivity contribution in [2.45, 2.75) is 19.3 Å². The molecule has 0 unspecified atom stereocenters. The number of thiophene rings is 1. The van der Waals surface area contributed by atoms with Gasteiger partial charge in [0.25, 0.3) is 5.91 Å². The van der Waals surface area contributed by atoms with Crippen LogP contribution in [0.15, 0.2) is 42.5 Å². The molecule has 1 amide bonds. The first-order chi connectivity index (χ1) is 14.6. The molecule has 1 atom stereocenters. The van der Waals surface area contributed by atoms with Crippen molar-refractivity contribution < 1.29 is 19.0 Å². The van der Waals surface area contributed by atoms with Crippen molar-refractivity contribution in [2.24, 2.45) is 5.73 Å². The van der Waals surface area contributed by atoms with E-state index in [1.165, 1.54) is 11.3 Å². The average molecular weight is 427 g/mol. The highest BCUT2D eigenvalue weighted by Crippen LogP contribution is 2.38. The van der Waals surface area contributed by atoms with Crippen LogP contribution in [0.4, 0.5) is 0 Å². The van der Waals surface area contributed by atoms with Gasteiger partial charge in [-0.15, -0.1) is 11.3 Å². The third-order valence-corrected chi connectivity index (χ3v) is 6.58. The molecule has 1 aromatic heterocycles. The fourth-order valence-corrected chi connectivity index (χ4v) is 5.15. The Bertz CT molecular complexity index is 1050. The smallest absolute Gasteiger partial charge is 0.259 e. The highest BCUT2D eigenvalue weighted by molar-refractivity contribution is 7.21. The normalized spacial score (nSPS) is 17.3. The lowest BCUT2D eigenvalue weighted by Gasteiger charge is -2.33. The summed E-state index contributed by atoms with van der Waals surface area (Å²) >= 11 is 1.44. The number of ether oxygens (including phenoxy) is 3. The highest BCUT2D eigenvalue weighted by Gasteiger charge is 2.29. The van der Waals surface area contributed by atoms with Crippen LogP contribution in [0.1, 0.15) is 32.5 Å². The molecule has 0 saturated carbocycles. The quantitative estimate of drug-likeness (QED) is 0.623. The number of carbonyl (C=O) groups is 1. The molecular weight excluding hydrogens is 400 g/mol. The van der Waals surface area contributed by atoms with Gasteiger partial charge in [-0.05, 0) is 29.1 Å². The summed E-state index contributed by atoms with van der Waals surface area (Å²) in [5, 5.41) is 1.04. The van der Waals surface area contributed by atoms with Gasteiger partial charge in [-0.3, -0.25) is 9.69 Å². The number of nitrogens with two attached hydrogens (primary N) is 1. The van der Waals surface area contributed by atoms with Gasteiger partial charge in [0.1, 0.15) is 5.75 Å². The number of primary amides is 1. The third-order valence-electron chi connectivity index (χ3n) is 5.38. The standard InChI is InChI=1S/C23H26N2O4S/c1-27-14-15-7-8-18(28-2)16(11-15)12-25-9-10-29-19(13-25)21-17-5-3-4-6-20(17)30-22(21)23(24)26/h3-8,11,19H,9-10,12-14H2,1-2H3,(H2,24,26)/t19-/m1/s1. The summed E-state index contributed by atoms with van der Waals surface area (Å²) in [5.74, 6) is 0.456. The van der Waals surface area contributed by atoms with Crippen LogP contribution in [0.2, 0.25) is 0 Å². The van der Waals surface area contributed by atoms with E-state index in [2.05, 4.69) is 11.0 Å². The number of fused-ring (bicyclic) bond motifs is 1. The molecule has 4 rings (SSSR count). The van der Waals surface area contributed by atoms with E-state index < -0.39 is 5.91 Å². The SMILES string of the molecule is COCc1ccc(OC)c(CN2CCO[C@@H](c3c(C(N)=O)sc4ccccc34)C2)c1. The van der Waals surface area contributed by atoms with Crippen LogP contribution in [0.5, 0.6) is 5.75 Å². The van der Waals surface area contributed by atoms with Crippen molar-refractivity contribution in [3.8, 4) is 5.75 Å². The first kappa shape index (κ1) is 20.8. The maximum atomic E-state index is 12.1. The summed E-state index contributed by atoms with van der Waals surface area (Å²) < 4.78 is 18.0. The van der Waals surface area contributed by atoms with Crippen molar-refractivity contribution in [3.05, 3.63) is 64.0 Å². The van der Waals surface area contributed by atoms with E-state index in [1.807, 2.05) is 36.4 Å². The number of hydrogen-bond acceptors (Lipinski definition) is 6. The number of methoxy groups -OCH3 is 2. The van der Waals surface area contributed by atoms with Crippen LogP contribution < -0.4 is 10.5 Å². The Balaban J connectivity index is 1.61. The summed E-state index contributed by atoms with van der Waals surface area (Å²) in [6, 6.07) is 14.1. The molecule has 0 spiro atoms. The summed E-state index contributed by atoms with van der Waals surface area (Å²) in [6.07, 6.45) is -0.203. The Morgan fingerprint density at radius 3 is 2.87 bits per heavy atom. The number of morpholine rings is 1. The van der Waals surface area contributed by atoms with E-state index >= 15 is 0 Å². The van der Waals surface area contributed by atoms with E-state index in [-0.39, 0.29) is 6.10 Å². The largest absolute Gasteiger partial charge is 0.496 e. The lowest BCUT2D eigenvalue weighted by Crippen LogP contribution is -2.38. The predicted octanol–water partition coefficient (Wildman–Crippen LogP) is 3.73. The summed E-state index contributed by atoms with van der Waals surface area (Å²) in [4.78, 5) is 15.0. The van der Waals surface area contributed by atoms with Gasteiger partial charge < -0.3 is 19.9 Å². The highest BCUT2D eigenvalue weighted by atomic mass is 32.1. The van der Waals surface area contributed by atoms with Crippen molar-refractivity contribution >= 4 is 27.3 Å². The second-order valence-corrected chi connectivity index (χ2v) is 8.43. The lowest BCUT2D eigenvalue weighted by atomic mass is 10.0. The molecule has 2 aromatic carbocycles. The monoisotopic (exact) mass is 426 g/mol. The number of rotatable bonds is 7. The zero-order valence-electron chi connectivity index (χ0n) is 17.2. The van der Waals surface area contributed by atoms with Gasteiger partial charge >= 0.3 is 0 Å². The van der Waals surface area contributed by atoms with Gasteiger partial charge in [0.15, 0.2) is 0 Å². The molecule has 2 N–H and O–H groups in total. The number of hydrogen-bond donors (Lipinski definition) is 1. The summed E-state index contributed by atoms with van der Waals surface area (Å²) in [6.45, 7) is 3.37. The van der Waals surface area contributed by atoms with Crippen molar-refractivity contribution in [2.75, 3.05) is 33.9 Å². The Morgan fingerprint density at radius 1 is 1.27 bits per heavy atom. The minimum absolute atomic E-state index is 0.203. The molecule has 30 heavy (non-hydrogen) atoms. The van der Waals surface area contributed by atoms with Gasteiger partial charge in [-0.2, -0.15) is 0 Å². The molecule has 3 aromatic rings. The molecule has 1 aliphatic rings. The zero-order valence-corrected chi connectivity index (χ0v) is 18.0. The number of carbonyl (C=O) groups excluding carboxylic acids is 1. The summed E-state index contributed by atoms with van der Waals surface area (Å²) in [5.41, 5.74) is 8.83. The molecule has 0 bridgehead atoms. The number of benzene rings is 2. The Labute approximate surface area is 180 Å². The fourth-order valence-electron chi connectivity index (χ4n) is 4.04. The van der Waals surface area contributed by atoms with Crippen molar-refractivity contribution in [1.29, 1.82) is 0 Å². The predicted molar refractivity (Wildman–Crippen MR) is 118 cm³/mol. The molecule has 6 nitrogen and oxygen atoms in total. The van der Waals surface area contributed by atoms with Gasteiger partial charge in [0, 0.05) is 42.6 Å². The van der Waals surface area contributed by atoms with Gasteiger partial charge in [0.05, 0.1) is 31.3 Å². The van der Waals surface area contributed by atoms with E-state index in [1.54, 1.807) is 14.2 Å². The molecular formula is C23H26N2O4S. The third kappa shape index (κ3) is 4.20. The first-order valence-electron chi connectivity index (χ1n) is 9.90. The Morgan fingerprint density at radius 2 is 2.10 bits per heavy atom. The second kappa shape index (κ2) is 9.14. The number of amides is 1. The minimum atomic E-state index is -0.402. The molecule has 1 aliphatic heterocycles. The van der Waals surface area contributed by atoms with E-state index in [0.29, 0.717) is 24.6 Å². The van der Waals surface area contributed by atoms with E-state index in [9.17, 15) is 4.79 Å². The van der Waals surface area contributed by atoms with Crippen LogP contribution in [0, 0.1) is 0 Å². The maximum absolute atomic E-state index is 12.1. The topological polar surface area (TPSA) is 74.0 Å². The Kier molecular flexibility index (Phi) is 6.34. The van der Waals surface area contributed by atoms with Crippen LogP contribution in [-0.4, -0.2) is 44.7 Å².